The highest BCUT2D eigenvalue weighted by Crippen LogP contribution is 2.27. The summed E-state index contributed by atoms with van der Waals surface area (Å²) in [5, 5.41) is 1.01. The van der Waals surface area contributed by atoms with E-state index in [4.69, 9.17) is 10.5 Å². The number of aromatic nitrogens is 5. The van der Waals surface area contributed by atoms with Crippen LogP contribution in [-0.2, 0) is 13.1 Å². The van der Waals surface area contributed by atoms with E-state index >= 15 is 0 Å². The molecule has 172 valence electrons. The Labute approximate surface area is 195 Å². The molecule has 0 aliphatic carbocycles. The molecule has 0 bridgehead atoms. The zero-order valence-electron chi connectivity index (χ0n) is 18.6. The molecule has 0 unspecified atom stereocenters. The highest BCUT2D eigenvalue weighted by molar-refractivity contribution is 7.15. The first-order chi connectivity index (χ1) is 16.1. The van der Waals surface area contributed by atoms with Gasteiger partial charge in [0.05, 0.1) is 13.2 Å². The van der Waals surface area contributed by atoms with Gasteiger partial charge in [0, 0.05) is 23.2 Å². The number of anilines is 1. The van der Waals surface area contributed by atoms with Crippen LogP contribution in [0.5, 0.6) is 6.01 Å². The van der Waals surface area contributed by atoms with Crippen LogP contribution in [0.1, 0.15) is 36.6 Å². The van der Waals surface area contributed by atoms with Crippen LogP contribution < -0.4 is 16.2 Å². The van der Waals surface area contributed by atoms with Crippen molar-refractivity contribution in [3.63, 3.8) is 0 Å². The Bertz CT molecular complexity index is 1300. The number of nitrogen functional groups attached to an aromatic ring is 1. The number of rotatable bonds is 8. The standard InChI is InChI=1S/C23H27N7O2S/c1-2-11-32-22-27-19(24)18-20(28-22)30(23(31)26-18)13-15-5-7-16(8-6-15)21-25-12-17(33-21)14-29-9-3-4-10-29/h5-8,12H,2-4,9-11,13-14H2,1H3,(H,26,31)(H2,24,27,28). The van der Waals surface area contributed by atoms with Crippen molar-refractivity contribution in [2.45, 2.75) is 39.3 Å². The van der Waals surface area contributed by atoms with Crippen LogP contribution in [0.25, 0.3) is 21.7 Å². The van der Waals surface area contributed by atoms with E-state index in [1.54, 1.807) is 15.9 Å². The summed E-state index contributed by atoms with van der Waals surface area (Å²) in [6, 6.07) is 8.31. The first kappa shape index (κ1) is 21.6. The quantitative estimate of drug-likeness (QED) is 0.410. The molecule has 0 atom stereocenters. The molecule has 3 aromatic heterocycles. The maximum Gasteiger partial charge on any atom is 0.328 e. The number of benzene rings is 1. The highest BCUT2D eigenvalue weighted by Gasteiger charge is 2.16. The number of aromatic amines is 1. The molecule has 4 aromatic rings. The third-order valence-corrected chi connectivity index (χ3v) is 6.77. The Morgan fingerprint density at radius 1 is 1.15 bits per heavy atom. The van der Waals surface area contributed by atoms with Crippen molar-refractivity contribution in [1.82, 2.24) is 29.4 Å². The molecule has 9 nitrogen and oxygen atoms in total. The van der Waals surface area contributed by atoms with Crippen LogP contribution in [0.15, 0.2) is 35.3 Å². The minimum atomic E-state index is -0.283. The van der Waals surface area contributed by atoms with Crippen molar-refractivity contribution < 1.29 is 4.74 Å². The monoisotopic (exact) mass is 465 g/mol. The fourth-order valence-electron chi connectivity index (χ4n) is 4.05. The van der Waals surface area contributed by atoms with Crippen molar-refractivity contribution in [3.05, 3.63) is 51.4 Å². The fourth-order valence-corrected chi connectivity index (χ4v) is 5.01. The van der Waals surface area contributed by atoms with E-state index < -0.39 is 0 Å². The van der Waals surface area contributed by atoms with E-state index in [9.17, 15) is 4.79 Å². The van der Waals surface area contributed by atoms with Crippen LogP contribution in [0.3, 0.4) is 0 Å². The van der Waals surface area contributed by atoms with E-state index in [1.165, 1.54) is 30.8 Å². The zero-order chi connectivity index (χ0) is 22.8. The van der Waals surface area contributed by atoms with Crippen LogP contribution >= 0.6 is 11.3 Å². The van der Waals surface area contributed by atoms with Gasteiger partial charge in [-0.15, -0.1) is 11.3 Å². The van der Waals surface area contributed by atoms with Gasteiger partial charge in [0.25, 0.3) is 0 Å². The molecule has 0 radical (unpaired) electrons. The Morgan fingerprint density at radius 2 is 1.94 bits per heavy atom. The number of thiazole rings is 1. The summed E-state index contributed by atoms with van der Waals surface area (Å²) in [7, 11) is 0. The summed E-state index contributed by atoms with van der Waals surface area (Å²) in [5.41, 5.74) is 8.65. The van der Waals surface area contributed by atoms with Gasteiger partial charge in [0.2, 0.25) is 0 Å². The molecule has 1 aromatic carbocycles. The minimum Gasteiger partial charge on any atom is -0.463 e. The molecule has 4 heterocycles. The third kappa shape index (κ3) is 4.62. The Balaban J connectivity index is 1.35. The number of H-pyrrole nitrogens is 1. The average Bonchev–Trinajstić information content (AvgIpc) is 3.56. The van der Waals surface area contributed by atoms with Gasteiger partial charge in [-0.05, 0) is 37.9 Å². The van der Waals surface area contributed by atoms with E-state index in [0.717, 1.165) is 29.1 Å². The maximum absolute atomic E-state index is 12.6. The lowest BCUT2D eigenvalue weighted by Gasteiger charge is -2.11. The molecule has 3 N–H and O–H groups in total. The summed E-state index contributed by atoms with van der Waals surface area (Å²) in [6.45, 7) is 6.18. The Morgan fingerprint density at radius 3 is 2.70 bits per heavy atom. The predicted molar refractivity (Wildman–Crippen MR) is 130 cm³/mol. The second-order valence-electron chi connectivity index (χ2n) is 8.27. The molecule has 33 heavy (non-hydrogen) atoms. The summed E-state index contributed by atoms with van der Waals surface area (Å²) in [4.78, 5) is 32.3. The van der Waals surface area contributed by atoms with Gasteiger partial charge in [0.1, 0.15) is 10.5 Å². The second-order valence-corrected chi connectivity index (χ2v) is 9.38. The smallest absolute Gasteiger partial charge is 0.328 e. The number of fused-ring (bicyclic) bond motifs is 1. The number of hydrogen-bond acceptors (Lipinski definition) is 8. The number of ether oxygens (including phenoxy) is 1. The molecule has 5 rings (SSSR count). The van der Waals surface area contributed by atoms with Gasteiger partial charge in [0.15, 0.2) is 11.5 Å². The van der Waals surface area contributed by atoms with Gasteiger partial charge >= 0.3 is 11.7 Å². The van der Waals surface area contributed by atoms with Gasteiger partial charge in [-0.3, -0.25) is 9.47 Å². The van der Waals surface area contributed by atoms with Gasteiger partial charge < -0.3 is 15.5 Å². The van der Waals surface area contributed by atoms with E-state index in [1.807, 2.05) is 37.4 Å². The van der Waals surface area contributed by atoms with E-state index in [2.05, 4.69) is 24.8 Å². The van der Waals surface area contributed by atoms with Crippen molar-refractivity contribution in [2.75, 3.05) is 25.4 Å². The first-order valence-electron chi connectivity index (χ1n) is 11.3. The molecule has 0 amide bonds. The summed E-state index contributed by atoms with van der Waals surface area (Å²) in [5.74, 6) is 0.200. The van der Waals surface area contributed by atoms with Crippen molar-refractivity contribution in [3.8, 4) is 16.6 Å². The van der Waals surface area contributed by atoms with Gasteiger partial charge in [-0.2, -0.15) is 9.97 Å². The maximum atomic E-state index is 12.6. The largest absolute Gasteiger partial charge is 0.463 e. The minimum absolute atomic E-state index is 0.179. The number of nitrogens with two attached hydrogens (primary N) is 1. The number of nitrogens with one attached hydrogen (secondary N) is 1. The molecular formula is C23H27N7O2S. The number of imidazole rings is 1. The van der Waals surface area contributed by atoms with Crippen LogP contribution in [0, 0.1) is 0 Å². The van der Waals surface area contributed by atoms with E-state index in [-0.39, 0.29) is 17.5 Å². The van der Waals surface area contributed by atoms with Crippen LogP contribution in [0.4, 0.5) is 5.82 Å². The Hall–Kier alpha value is -3.24. The normalized spacial score (nSPS) is 14.3. The third-order valence-electron chi connectivity index (χ3n) is 5.74. The lowest BCUT2D eigenvalue weighted by molar-refractivity contribution is 0.293. The van der Waals surface area contributed by atoms with Crippen molar-refractivity contribution >= 4 is 28.3 Å². The zero-order valence-corrected chi connectivity index (χ0v) is 19.4. The SMILES string of the molecule is CCCOc1nc(N)c2[nH]c(=O)n(Cc3ccc(-c4ncc(CN5CCCC5)s4)cc3)c2n1. The average molecular weight is 466 g/mol. The number of hydrogen-bond donors (Lipinski definition) is 2. The molecule has 1 fully saturated rings. The fraction of sp³-hybridized carbons (Fsp3) is 0.391. The molecule has 0 saturated carbocycles. The Kier molecular flexibility index (Phi) is 6.10. The van der Waals surface area contributed by atoms with Crippen molar-refractivity contribution in [1.29, 1.82) is 0 Å². The molecule has 1 aliphatic rings. The topological polar surface area (TPSA) is 115 Å². The molecular weight excluding hydrogens is 438 g/mol. The molecule has 1 saturated heterocycles. The number of likely N-dealkylation sites (tertiary alicyclic amines) is 1. The lowest BCUT2D eigenvalue weighted by atomic mass is 10.1. The lowest BCUT2D eigenvalue weighted by Crippen LogP contribution is -2.17. The summed E-state index contributed by atoms with van der Waals surface area (Å²) >= 11 is 1.74. The molecule has 0 spiro atoms. The van der Waals surface area contributed by atoms with Crippen LogP contribution in [-0.4, -0.2) is 49.1 Å². The molecule has 10 heteroatoms. The summed E-state index contributed by atoms with van der Waals surface area (Å²) < 4.78 is 7.08. The van der Waals surface area contributed by atoms with Crippen molar-refractivity contribution in [2.24, 2.45) is 0 Å². The first-order valence-corrected chi connectivity index (χ1v) is 12.1. The summed E-state index contributed by atoms with van der Waals surface area (Å²) in [6.07, 6.45) is 5.39. The molecule has 1 aliphatic heterocycles. The van der Waals surface area contributed by atoms with Crippen LogP contribution in [0.2, 0.25) is 0 Å². The highest BCUT2D eigenvalue weighted by atomic mass is 32.1. The predicted octanol–water partition coefficient (Wildman–Crippen LogP) is 3.26. The van der Waals surface area contributed by atoms with Gasteiger partial charge in [-0.1, -0.05) is 31.2 Å². The van der Waals surface area contributed by atoms with Gasteiger partial charge in [-0.25, -0.2) is 9.78 Å². The van der Waals surface area contributed by atoms with E-state index in [0.29, 0.717) is 24.3 Å². The number of nitrogens with zero attached hydrogens (tertiary/aromatic N) is 5. The second kappa shape index (κ2) is 9.32.